The molecule has 0 aromatic carbocycles. The summed E-state index contributed by atoms with van der Waals surface area (Å²) in [4.78, 5) is 0. The van der Waals surface area contributed by atoms with Crippen molar-refractivity contribution in [3.63, 3.8) is 0 Å². The Morgan fingerprint density at radius 1 is 1.33 bits per heavy atom. The van der Waals surface area contributed by atoms with E-state index in [1.807, 2.05) is 0 Å². The average molecular weight is 143 g/mol. The number of unbranched alkanes of at least 4 members (excludes halogenated alkanes) is 3. The molecule has 0 amide bonds. The minimum absolute atomic E-state index is 0.696. The van der Waals surface area contributed by atoms with Gasteiger partial charge in [-0.15, -0.1) is 0 Å². The summed E-state index contributed by atoms with van der Waals surface area (Å²) in [5.41, 5.74) is 0. The molecule has 0 spiro atoms. The Labute approximate surface area is 59.4 Å². The highest BCUT2D eigenvalue weighted by Crippen LogP contribution is 1.97. The number of hydrogen-bond acceptors (Lipinski definition) is 2. The molecule has 9 heavy (non-hydrogen) atoms. The van der Waals surface area contributed by atoms with Crippen molar-refractivity contribution in [2.45, 2.75) is 25.7 Å². The first-order valence-electron chi connectivity index (χ1n) is 3.27. The van der Waals surface area contributed by atoms with Gasteiger partial charge in [0, 0.05) is 13.0 Å². The molecule has 0 unspecified atom stereocenters. The van der Waals surface area contributed by atoms with Crippen molar-refractivity contribution >= 4 is 10.5 Å². The van der Waals surface area contributed by atoms with E-state index < -0.39 is 0 Å². The molecule has 0 saturated heterocycles. The van der Waals surface area contributed by atoms with Crippen LogP contribution in [0.4, 0.5) is 0 Å². The topological polar surface area (TPSA) is 33.0 Å². The van der Waals surface area contributed by atoms with E-state index in [9.17, 15) is 0 Å². The van der Waals surface area contributed by atoms with E-state index in [-0.39, 0.29) is 0 Å². The van der Waals surface area contributed by atoms with Gasteiger partial charge in [-0.25, -0.2) is 0 Å². The second-order valence-corrected chi connectivity index (χ2v) is 2.54. The third-order valence-electron chi connectivity index (χ3n) is 1.14. The van der Waals surface area contributed by atoms with Crippen LogP contribution in [0.15, 0.2) is 0 Å². The first kappa shape index (κ1) is 8.67. The standard InChI is InChI=1S/C6H13NOSi/c7-5-3-1-2-4-6-8-9/h1-4,6H2,9H3. The van der Waals surface area contributed by atoms with E-state index in [0.29, 0.717) is 6.42 Å². The van der Waals surface area contributed by atoms with Crippen LogP contribution in [0.3, 0.4) is 0 Å². The van der Waals surface area contributed by atoms with Crippen LogP contribution in [0.2, 0.25) is 0 Å². The van der Waals surface area contributed by atoms with Crippen LogP contribution in [-0.4, -0.2) is 17.1 Å². The summed E-state index contributed by atoms with van der Waals surface area (Å²) in [5, 5.41) is 8.15. The maximum Gasteiger partial charge on any atom is 0.145 e. The van der Waals surface area contributed by atoms with E-state index in [4.69, 9.17) is 9.69 Å². The van der Waals surface area contributed by atoms with E-state index >= 15 is 0 Å². The van der Waals surface area contributed by atoms with Crippen LogP contribution in [0.1, 0.15) is 25.7 Å². The van der Waals surface area contributed by atoms with Crippen molar-refractivity contribution in [3.8, 4) is 6.07 Å². The number of rotatable bonds is 5. The number of hydrogen-bond donors (Lipinski definition) is 0. The van der Waals surface area contributed by atoms with Gasteiger partial charge in [-0.3, -0.25) is 0 Å². The number of nitrogens with zero attached hydrogens (tertiary/aromatic N) is 1. The van der Waals surface area contributed by atoms with Crippen LogP contribution in [0, 0.1) is 11.3 Å². The van der Waals surface area contributed by atoms with E-state index in [1.54, 1.807) is 0 Å². The fourth-order valence-electron chi connectivity index (χ4n) is 0.627. The maximum atomic E-state index is 8.15. The molecule has 0 atom stereocenters. The highest BCUT2D eigenvalue weighted by molar-refractivity contribution is 5.97. The zero-order valence-corrected chi connectivity index (χ0v) is 7.89. The highest BCUT2D eigenvalue weighted by Gasteiger charge is 1.85. The second kappa shape index (κ2) is 7.67. The third kappa shape index (κ3) is 7.67. The van der Waals surface area contributed by atoms with Crippen molar-refractivity contribution in [1.82, 2.24) is 0 Å². The predicted molar refractivity (Wildman–Crippen MR) is 40.0 cm³/mol. The molecule has 0 aliphatic rings. The van der Waals surface area contributed by atoms with Gasteiger partial charge in [-0.2, -0.15) is 5.26 Å². The van der Waals surface area contributed by atoms with Gasteiger partial charge in [-0.05, 0) is 12.8 Å². The molecular formula is C6H13NOSi. The van der Waals surface area contributed by atoms with Gasteiger partial charge in [0.15, 0.2) is 0 Å². The van der Waals surface area contributed by atoms with Crippen molar-refractivity contribution < 1.29 is 4.43 Å². The lowest BCUT2D eigenvalue weighted by Gasteiger charge is -1.95. The summed E-state index contributed by atoms with van der Waals surface area (Å²) in [6.45, 7) is 0.887. The second-order valence-electron chi connectivity index (χ2n) is 1.96. The summed E-state index contributed by atoms with van der Waals surface area (Å²) >= 11 is 0. The molecule has 0 aromatic rings. The van der Waals surface area contributed by atoms with Crippen LogP contribution in [0.5, 0.6) is 0 Å². The van der Waals surface area contributed by atoms with Gasteiger partial charge in [0.1, 0.15) is 10.5 Å². The van der Waals surface area contributed by atoms with Crippen LogP contribution < -0.4 is 0 Å². The van der Waals surface area contributed by atoms with Crippen LogP contribution in [0.25, 0.3) is 0 Å². The van der Waals surface area contributed by atoms with Crippen molar-refractivity contribution in [2.24, 2.45) is 0 Å². The lowest BCUT2D eigenvalue weighted by Crippen LogP contribution is -1.88. The number of nitriles is 1. The summed E-state index contributed by atoms with van der Waals surface area (Å²) < 4.78 is 4.98. The maximum absolute atomic E-state index is 8.15. The molecule has 0 bridgehead atoms. The van der Waals surface area contributed by atoms with Gasteiger partial charge in [-0.1, -0.05) is 6.42 Å². The smallest absolute Gasteiger partial charge is 0.145 e. The quantitative estimate of drug-likeness (QED) is 0.411. The molecule has 0 aromatic heterocycles. The van der Waals surface area contributed by atoms with Gasteiger partial charge in [0.05, 0.1) is 6.07 Å². The zero-order valence-electron chi connectivity index (χ0n) is 5.89. The van der Waals surface area contributed by atoms with Gasteiger partial charge in [0.25, 0.3) is 0 Å². The Bertz CT molecular complexity index is 89.5. The SMILES string of the molecule is N#CCCCCCO[SiH3]. The lowest BCUT2D eigenvalue weighted by molar-refractivity contribution is 0.334. The van der Waals surface area contributed by atoms with E-state index in [0.717, 1.165) is 36.4 Å². The predicted octanol–water partition coefficient (Wildman–Crippen LogP) is 0.367. The molecule has 2 nitrogen and oxygen atoms in total. The van der Waals surface area contributed by atoms with Crippen LogP contribution in [-0.2, 0) is 4.43 Å². The lowest BCUT2D eigenvalue weighted by atomic mass is 10.2. The molecule has 52 valence electrons. The molecule has 0 N–H and O–H groups in total. The molecule has 0 fully saturated rings. The minimum atomic E-state index is 0.696. The minimum Gasteiger partial charge on any atom is -0.428 e. The fraction of sp³-hybridized carbons (Fsp3) is 0.833. The first-order chi connectivity index (χ1) is 4.41. The largest absolute Gasteiger partial charge is 0.428 e. The summed E-state index contributed by atoms with van der Waals surface area (Å²) in [5.74, 6) is 0. The third-order valence-corrected chi connectivity index (χ3v) is 1.55. The Morgan fingerprint density at radius 2 is 2.11 bits per heavy atom. The zero-order chi connectivity index (χ0) is 6.95. The van der Waals surface area contributed by atoms with Crippen molar-refractivity contribution in [2.75, 3.05) is 6.61 Å². The Morgan fingerprint density at radius 3 is 2.67 bits per heavy atom. The molecule has 0 rings (SSSR count). The highest BCUT2D eigenvalue weighted by atomic mass is 28.2. The van der Waals surface area contributed by atoms with Gasteiger partial charge < -0.3 is 4.43 Å². The van der Waals surface area contributed by atoms with Gasteiger partial charge in [0.2, 0.25) is 0 Å². The molecule has 0 radical (unpaired) electrons. The average Bonchev–Trinajstić information content (AvgIpc) is 1.89. The van der Waals surface area contributed by atoms with Crippen LogP contribution >= 0.6 is 0 Å². The molecule has 0 saturated carbocycles. The van der Waals surface area contributed by atoms with Gasteiger partial charge >= 0.3 is 0 Å². The van der Waals surface area contributed by atoms with E-state index in [2.05, 4.69) is 6.07 Å². The Kier molecular flexibility index (Phi) is 7.38. The Balaban J connectivity index is 2.69. The summed E-state index contributed by atoms with van der Waals surface area (Å²) in [6, 6.07) is 2.11. The molecule has 0 heterocycles. The van der Waals surface area contributed by atoms with Crippen molar-refractivity contribution in [3.05, 3.63) is 0 Å². The Hall–Kier alpha value is -0.333. The first-order valence-corrected chi connectivity index (χ1v) is 4.09. The summed E-state index contributed by atoms with van der Waals surface area (Å²) in [7, 11) is 0.843. The van der Waals surface area contributed by atoms with Crippen molar-refractivity contribution in [1.29, 1.82) is 5.26 Å². The van der Waals surface area contributed by atoms with E-state index in [1.165, 1.54) is 0 Å². The molecular weight excluding hydrogens is 130 g/mol. The molecule has 0 aliphatic heterocycles. The summed E-state index contributed by atoms with van der Waals surface area (Å²) in [6.07, 6.45) is 3.98. The molecule has 3 heteroatoms. The fourth-order valence-corrected chi connectivity index (χ4v) is 0.916. The monoisotopic (exact) mass is 143 g/mol. The normalized spacial score (nSPS) is 9.22. The molecule has 0 aliphatic carbocycles.